The van der Waals surface area contributed by atoms with Gasteiger partial charge in [-0.15, -0.1) is 0 Å². The molecule has 3 heterocycles. The molecule has 7 nitrogen and oxygen atoms in total. The molecule has 2 aromatic heterocycles. The van der Waals surface area contributed by atoms with Gasteiger partial charge >= 0.3 is 0 Å². The van der Waals surface area contributed by atoms with Crippen LogP contribution in [0.4, 0.5) is 0 Å². The Morgan fingerprint density at radius 2 is 1.92 bits per heavy atom. The van der Waals surface area contributed by atoms with Gasteiger partial charge < -0.3 is 9.15 Å². The molecule has 8 heteroatoms. The Hall–Kier alpha value is -2.58. The summed E-state index contributed by atoms with van der Waals surface area (Å²) >= 11 is 0. The van der Waals surface area contributed by atoms with Gasteiger partial charge in [0, 0.05) is 6.20 Å². The zero-order valence-electron chi connectivity index (χ0n) is 13.5. The summed E-state index contributed by atoms with van der Waals surface area (Å²) in [5.74, 6) is 1.18. The first-order chi connectivity index (χ1) is 12.0. The Morgan fingerprint density at radius 1 is 1.16 bits per heavy atom. The minimum atomic E-state index is -3.65. The van der Waals surface area contributed by atoms with Crippen molar-refractivity contribution < 1.29 is 17.6 Å². The van der Waals surface area contributed by atoms with Gasteiger partial charge in [0.05, 0.1) is 13.1 Å². The normalized spacial score (nSPS) is 15.9. The van der Waals surface area contributed by atoms with Gasteiger partial charge in [0.2, 0.25) is 5.09 Å². The summed E-state index contributed by atoms with van der Waals surface area (Å²) in [7, 11) is -3.65. The molecule has 1 aliphatic rings. The number of nitrogens with zero attached hydrogens (tertiary/aromatic N) is 2. The topological polar surface area (TPSA) is 88.4 Å². The number of nitrogens with one attached hydrogen (secondary N) is 1. The Kier molecular flexibility index (Phi) is 3.85. The molecule has 1 aliphatic heterocycles. The summed E-state index contributed by atoms with van der Waals surface area (Å²) in [5, 5.41) is 6.49. The third-order valence-electron chi connectivity index (χ3n) is 4.08. The highest BCUT2D eigenvalue weighted by Crippen LogP contribution is 2.28. The molecule has 1 N–H and O–H groups in total. The van der Waals surface area contributed by atoms with E-state index in [2.05, 4.69) is 10.2 Å². The SMILES string of the molecule is Cc1ccc(OC2CN(S(=O)(=O)c3ccc(-c4ccn[nH]4)o3)C2)cc1. The minimum Gasteiger partial charge on any atom is -0.488 e. The average molecular weight is 359 g/mol. The van der Waals surface area contributed by atoms with Crippen molar-refractivity contribution in [2.24, 2.45) is 0 Å². The van der Waals surface area contributed by atoms with Crippen molar-refractivity contribution in [1.29, 1.82) is 0 Å². The van der Waals surface area contributed by atoms with E-state index < -0.39 is 10.0 Å². The van der Waals surface area contributed by atoms with Crippen molar-refractivity contribution >= 4 is 10.0 Å². The number of ether oxygens (including phenoxy) is 1. The van der Waals surface area contributed by atoms with Crippen molar-refractivity contribution in [2.45, 2.75) is 18.1 Å². The maximum Gasteiger partial charge on any atom is 0.276 e. The van der Waals surface area contributed by atoms with Gasteiger partial charge in [-0.05, 0) is 37.3 Å². The molecule has 0 bridgehead atoms. The van der Waals surface area contributed by atoms with Crippen LogP contribution in [0, 0.1) is 6.92 Å². The number of furan rings is 1. The molecule has 1 aromatic carbocycles. The molecule has 0 unspecified atom stereocenters. The van der Waals surface area contributed by atoms with Crippen LogP contribution in [0.15, 0.2) is 58.2 Å². The largest absolute Gasteiger partial charge is 0.488 e. The van der Waals surface area contributed by atoms with Crippen LogP contribution >= 0.6 is 0 Å². The fourth-order valence-electron chi connectivity index (χ4n) is 2.60. The van der Waals surface area contributed by atoms with E-state index in [1.165, 1.54) is 10.4 Å². The van der Waals surface area contributed by atoms with Gasteiger partial charge in [-0.3, -0.25) is 5.10 Å². The Balaban J connectivity index is 1.42. The van der Waals surface area contributed by atoms with E-state index in [1.807, 2.05) is 31.2 Å². The number of benzene rings is 1. The maximum atomic E-state index is 12.6. The van der Waals surface area contributed by atoms with Crippen LogP contribution in [0.25, 0.3) is 11.5 Å². The number of aromatic nitrogens is 2. The first-order valence-electron chi connectivity index (χ1n) is 7.85. The van der Waals surface area contributed by atoms with Crippen LogP contribution in [0.5, 0.6) is 5.75 Å². The highest BCUT2D eigenvalue weighted by Gasteiger charge is 2.39. The van der Waals surface area contributed by atoms with E-state index in [0.717, 1.165) is 11.3 Å². The van der Waals surface area contributed by atoms with Crippen LogP contribution in [-0.2, 0) is 10.0 Å². The number of rotatable bonds is 5. The second kappa shape index (κ2) is 6.05. The van der Waals surface area contributed by atoms with Crippen molar-refractivity contribution in [3.8, 4) is 17.2 Å². The van der Waals surface area contributed by atoms with E-state index in [9.17, 15) is 8.42 Å². The lowest BCUT2D eigenvalue weighted by Gasteiger charge is -2.37. The maximum absolute atomic E-state index is 12.6. The van der Waals surface area contributed by atoms with E-state index in [4.69, 9.17) is 9.15 Å². The smallest absolute Gasteiger partial charge is 0.276 e. The van der Waals surface area contributed by atoms with Crippen LogP contribution < -0.4 is 4.74 Å². The number of hydrogen-bond donors (Lipinski definition) is 1. The molecule has 1 saturated heterocycles. The number of sulfonamides is 1. The molecule has 0 radical (unpaired) electrons. The van der Waals surface area contributed by atoms with E-state index >= 15 is 0 Å². The second-order valence-corrected chi connectivity index (χ2v) is 7.83. The molecule has 0 aliphatic carbocycles. The van der Waals surface area contributed by atoms with Crippen LogP contribution in [0.2, 0.25) is 0 Å². The zero-order valence-corrected chi connectivity index (χ0v) is 14.4. The summed E-state index contributed by atoms with van der Waals surface area (Å²) in [4.78, 5) is 0. The summed E-state index contributed by atoms with van der Waals surface area (Å²) < 4.78 is 37.8. The highest BCUT2D eigenvalue weighted by molar-refractivity contribution is 7.89. The van der Waals surface area contributed by atoms with Gasteiger partial charge in [-0.25, -0.2) is 8.42 Å². The quantitative estimate of drug-likeness (QED) is 0.756. The summed E-state index contributed by atoms with van der Waals surface area (Å²) in [5.41, 5.74) is 1.78. The number of hydrogen-bond acceptors (Lipinski definition) is 5. The molecule has 4 rings (SSSR count). The van der Waals surface area contributed by atoms with Gasteiger partial charge in [0.15, 0.2) is 5.76 Å². The summed E-state index contributed by atoms with van der Waals surface area (Å²) in [6, 6.07) is 12.5. The molecular weight excluding hydrogens is 342 g/mol. The predicted molar refractivity (Wildman–Crippen MR) is 90.6 cm³/mol. The molecule has 0 atom stereocenters. The highest BCUT2D eigenvalue weighted by atomic mass is 32.2. The monoisotopic (exact) mass is 359 g/mol. The fourth-order valence-corrected chi connectivity index (χ4v) is 4.02. The lowest BCUT2D eigenvalue weighted by Crippen LogP contribution is -2.55. The Bertz CT molecular complexity index is 956. The molecule has 1 fully saturated rings. The lowest BCUT2D eigenvalue weighted by molar-refractivity contribution is 0.0751. The molecule has 0 amide bonds. The van der Waals surface area contributed by atoms with Crippen molar-refractivity contribution in [1.82, 2.24) is 14.5 Å². The average Bonchev–Trinajstić information content (AvgIpc) is 3.23. The number of H-pyrrole nitrogens is 1. The molecule has 3 aromatic rings. The van der Waals surface area contributed by atoms with Crippen LogP contribution in [-0.4, -0.2) is 42.1 Å². The molecule has 0 spiro atoms. The van der Waals surface area contributed by atoms with Crippen LogP contribution in [0.1, 0.15) is 5.56 Å². The zero-order chi connectivity index (χ0) is 17.4. The third-order valence-corrected chi connectivity index (χ3v) is 5.79. The van der Waals surface area contributed by atoms with E-state index in [0.29, 0.717) is 24.5 Å². The number of aromatic amines is 1. The van der Waals surface area contributed by atoms with Gasteiger partial charge in [0.25, 0.3) is 10.0 Å². The van der Waals surface area contributed by atoms with Gasteiger partial charge in [0.1, 0.15) is 17.5 Å². The Morgan fingerprint density at radius 3 is 2.60 bits per heavy atom. The van der Waals surface area contributed by atoms with Crippen molar-refractivity contribution in [2.75, 3.05) is 13.1 Å². The van der Waals surface area contributed by atoms with Crippen molar-refractivity contribution in [3.05, 3.63) is 54.2 Å². The second-order valence-electron chi connectivity index (χ2n) is 5.96. The minimum absolute atomic E-state index is 0.0779. The summed E-state index contributed by atoms with van der Waals surface area (Å²) in [6.45, 7) is 2.61. The molecule has 25 heavy (non-hydrogen) atoms. The van der Waals surface area contributed by atoms with Gasteiger partial charge in [-0.1, -0.05) is 17.7 Å². The number of aryl methyl sites for hydroxylation is 1. The third kappa shape index (κ3) is 3.06. The predicted octanol–water partition coefficient (Wildman–Crippen LogP) is 2.43. The van der Waals surface area contributed by atoms with Crippen molar-refractivity contribution in [3.63, 3.8) is 0 Å². The Labute approximate surface area is 145 Å². The summed E-state index contributed by atoms with van der Waals surface area (Å²) in [6.07, 6.45) is 1.42. The first kappa shape index (κ1) is 15.9. The lowest BCUT2D eigenvalue weighted by atomic mass is 10.2. The van der Waals surface area contributed by atoms with E-state index in [1.54, 1.807) is 18.3 Å². The van der Waals surface area contributed by atoms with Crippen LogP contribution in [0.3, 0.4) is 0 Å². The standard InChI is InChI=1S/C17H17N3O4S/c1-12-2-4-13(5-3-12)23-14-10-20(11-14)25(21,22)17-7-6-16(24-17)15-8-9-18-19-15/h2-9,14H,10-11H2,1H3,(H,18,19). The molecule has 0 saturated carbocycles. The first-order valence-corrected chi connectivity index (χ1v) is 9.29. The molecule has 130 valence electrons. The molecular formula is C17H17N3O4S. The van der Waals surface area contributed by atoms with Gasteiger partial charge in [-0.2, -0.15) is 9.40 Å². The fraction of sp³-hybridized carbons (Fsp3) is 0.235. The van der Waals surface area contributed by atoms with E-state index in [-0.39, 0.29) is 11.2 Å².